The zero-order valence-corrected chi connectivity index (χ0v) is 10.8. The van der Waals surface area contributed by atoms with Crippen molar-refractivity contribution in [1.82, 2.24) is 0 Å². The zero-order valence-electron chi connectivity index (χ0n) is 5.48. The lowest BCUT2D eigenvalue weighted by atomic mass is 10.9. The summed E-state index contributed by atoms with van der Waals surface area (Å²) in [7, 11) is 0. The van der Waals surface area contributed by atoms with Crippen LogP contribution < -0.4 is 0 Å². The Labute approximate surface area is 109 Å². The molecule has 0 aromatic heterocycles. The van der Waals surface area contributed by atoms with E-state index in [2.05, 4.69) is 11.6 Å². The summed E-state index contributed by atoms with van der Waals surface area (Å²) >= 11 is 33.2. The van der Waals surface area contributed by atoms with Crippen molar-refractivity contribution in [2.75, 3.05) is 0 Å². The van der Waals surface area contributed by atoms with Gasteiger partial charge in [-0.25, -0.2) is 4.39 Å². The molecule has 0 spiro atoms. The molecule has 0 aromatic carbocycles. The molecule has 0 unspecified atom stereocenters. The van der Waals surface area contributed by atoms with E-state index < -0.39 is 19.2 Å². The lowest BCUT2D eigenvalue weighted by Crippen LogP contribution is -2.13. The quantitative estimate of drug-likeness (QED) is 0.540. The van der Waals surface area contributed by atoms with E-state index in [4.69, 9.17) is 69.6 Å². The van der Waals surface area contributed by atoms with E-state index >= 15 is 0 Å². The average molecular weight is 335 g/mol. The van der Waals surface area contributed by atoms with Gasteiger partial charge >= 0.3 is 0 Å². The molecule has 13 heavy (non-hydrogen) atoms. The molecule has 0 saturated heterocycles. The monoisotopic (exact) mass is 332 g/mol. The molecular formula is C4HCl7F2. The van der Waals surface area contributed by atoms with Crippen LogP contribution in [0.1, 0.15) is 0 Å². The third kappa shape index (κ3) is 13.6. The van der Waals surface area contributed by atoms with Crippen molar-refractivity contribution in [3.63, 3.8) is 0 Å². The highest BCUT2D eigenvalue weighted by atomic mass is 35.5. The number of hydrogen-bond acceptors (Lipinski definition) is 0. The Kier molecular flexibility index (Phi) is 10.3. The summed E-state index contributed by atoms with van der Waals surface area (Å²) in [6.07, 6.45) is 0. The van der Waals surface area contributed by atoms with Crippen LogP contribution in [0.4, 0.5) is 8.78 Å². The summed E-state index contributed by atoms with van der Waals surface area (Å²) < 4.78 is 19.9. The van der Waals surface area contributed by atoms with Gasteiger partial charge < -0.3 is 0 Å². The molecule has 9 heteroatoms. The second-order valence-corrected chi connectivity index (χ2v) is 5.03. The maximum Gasteiger partial charge on any atom is 0.287 e. The molecule has 80 valence electrons. The van der Waals surface area contributed by atoms with E-state index in [-0.39, 0.29) is 0 Å². The lowest BCUT2D eigenvalue weighted by molar-refractivity contribution is 0.413. The summed E-state index contributed by atoms with van der Waals surface area (Å²) in [5, 5.41) is -1.07. The molecule has 0 saturated carbocycles. The number of halogens is 9. The number of hydrogen-bond donors (Lipinski definition) is 0. The van der Waals surface area contributed by atoms with E-state index in [1.165, 1.54) is 0 Å². The highest BCUT2D eigenvalue weighted by Gasteiger charge is 2.30. The van der Waals surface area contributed by atoms with E-state index in [9.17, 15) is 8.78 Å². The maximum absolute atomic E-state index is 11.8. The minimum atomic E-state index is -2.52. The molecule has 0 atom stereocenters. The Balaban J connectivity index is 0. The van der Waals surface area contributed by atoms with Crippen LogP contribution in [-0.2, 0) is 0 Å². The standard InChI is InChI=1S/C2HCl4F.C2Cl3F/c3-1(4)2(5,6)7;3-1(4)2(5)6/h1H;. The predicted molar refractivity (Wildman–Crippen MR) is 56.7 cm³/mol. The molecular weight excluding hydrogens is 334 g/mol. The zero-order chi connectivity index (χ0) is 11.2. The Morgan fingerprint density at radius 2 is 1.23 bits per heavy atom. The van der Waals surface area contributed by atoms with Crippen molar-refractivity contribution in [3.8, 4) is 0 Å². The first-order chi connectivity index (χ1) is 5.59. The van der Waals surface area contributed by atoms with E-state index in [0.717, 1.165) is 0 Å². The van der Waals surface area contributed by atoms with Gasteiger partial charge in [-0.2, -0.15) is 4.39 Å². The van der Waals surface area contributed by atoms with Crippen molar-refractivity contribution in [3.05, 3.63) is 9.78 Å². The van der Waals surface area contributed by atoms with Gasteiger partial charge in [-0.1, -0.05) is 69.6 Å². The van der Waals surface area contributed by atoms with Gasteiger partial charge in [-0.05, 0) is 11.6 Å². The van der Waals surface area contributed by atoms with Crippen LogP contribution in [0, 0.1) is 0 Å². The van der Waals surface area contributed by atoms with E-state index in [1.54, 1.807) is 0 Å². The van der Waals surface area contributed by atoms with Crippen molar-refractivity contribution in [2.45, 2.75) is 9.42 Å². The molecule has 0 amide bonds. The Morgan fingerprint density at radius 3 is 1.23 bits per heavy atom. The smallest absolute Gasteiger partial charge is 0.205 e. The van der Waals surface area contributed by atoms with Crippen LogP contribution in [0.5, 0.6) is 0 Å². The fourth-order valence-electron chi connectivity index (χ4n) is 0. The van der Waals surface area contributed by atoms with Crippen LogP contribution >= 0.6 is 81.2 Å². The van der Waals surface area contributed by atoms with Crippen LogP contribution in [0.25, 0.3) is 0 Å². The molecule has 0 aliphatic carbocycles. The molecule has 0 radical (unpaired) electrons. The predicted octanol–water partition coefficient (Wildman–Crippen LogP) is 5.69. The largest absolute Gasteiger partial charge is 0.287 e. The van der Waals surface area contributed by atoms with Crippen molar-refractivity contribution >= 4 is 81.2 Å². The van der Waals surface area contributed by atoms with E-state index in [1.807, 2.05) is 0 Å². The fraction of sp³-hybridized carbons (Fsp3) is 0.500. The molecule has 0 nitrogen and oxygen atoms in total. The van der Waals surface area contributed by atoms with Crippen LogP contribution in [0.15, 0.2) is 9.78 Å². The second kappa shape index (κ2) is 7.86. The third-order valence-electron chi connectivity index (χ3n) is 0.390. The summed E-state index contributed by atoms with van der Waals surface area (Å²) in [5.74, 6) is 0. The first kappa shape index (κ1) is 17.0. The number of rotatable bonds is 1. The van der Waals surface area contributed by atoms with Gasteiger partial charge in [0.15, 0.2) is 9.33 Å². The summed E-state index contributed by atoms with van der Waals surface area (Å²) in [6, 6.07) is 0. The van der Waals surface area contributed by atoms with Gasteiger partial charge in [0.1, 0.15) is 0 Å². The molecule has 0 aliphatic rings. The normalized spacial score (nSPS) is 10.6. The first-order valence-corrected chi connectivity index (χ1v) is 5.06. The van der Waals surface area contributed by atoms with Gasteiger partial charge in [0.25, 0.3) is 4.59 Å². The molecule has 0 N–H and O–H groups in total. The molecule has 0 fully saturated rings. The van der Waals surface area contributed by atoms with Crippen LogP contribution in [-0.4, -0.2) is 9.42 Å². The fourth-order valence-corrected chi connectivity index (χ4v) is 0. The Morgan fingerprint density at radius 1 is 1.08 bits per heavy atom. The molecule has 0 aromatic rings. The maximum atomic E-state index is 11.8. The lowest BCUT2D eigenvalue weighted by Gasteiger charge is -2.07. The first-order valence-electron chi connectivity index (χ1n) is 2.30. The van der Waals surface area contributed by atoms with Crippen LogP contribution in [0.2, 0.25) is 0 Å². The minimum absolute atomic E-state index is 0.531. The summed E-state index contributed by atoms with van der Waals surface area (Å²) in [4.78, 5) is -1.39. The van der Waals surface area contributed by atoms with E-state index in [0.29, 0.717) is 0 Å². The van der Waals surface area contributed by atoms with Crippen LogP contribution in [0.3, 0.4) is 0 Å². The van der Waals surface area contributed by atoms with Gasteiger partial charge in [0, 0.05) is 0 Å². The van der Waals surface area contributed by atoms with Crippen molar-refractivity contribution in [1.29, 1.82) is 0 Å². The van der Waals surface area contributed by atoms with Gasteiger partial charge in [-0.3, -0.25) is 0 Å². The molecule has 0 rings (SSSR count). The highest BCUT2D eigenvalue weighted by molar-refractivity contribution is 6.59. The van der Waals surface area contributed by atoms with Gasteiger partial charge in [0.2, 0.25) is 5.29 Å². The average Bonchev–Trinajstić information content (AvgIpc) is 1.86. The number of alkyl halides is 5. The second-order valence-electron chi connectivity index (χ2n) is 1.36. The molecule has 0 heterocycles. The topological polar surface area (TPSA) is 0 Å². The Hall–Kier alpha value is 1.63. The van der Waals surface area contributed by atoms with Gasteiger partial charge in [-0.15, -0.1) is 0 Å². The van der Waals surface area contributed by atoms with Gasteiger partial charge in [0.05, 0.1) is 0 Å². The summed E-state index contributed by atoms with van der Waals surface area (Å²) in [5.41, 5.74) is 0. The Bertz CT molecular complexity index is 154. The minimum Gasteiger partial charge on any atom is -0.205 e. The third-order valence-corrected chi connectivity index (χ3v) is 2.59. The molecule has 0 bridgehead atoms. The van der Waals surface area contributed by atoms with Crippen molar-refractivity contribution in [2.24, 2.45) is 0 Å². The molecule has 0 aliphatic heterocycles. The summed E-state index contributed by atoms with van der Waals surface area (Å²) in [6.45, 7) is 0. The highest BCUT2D eigenvalue weighted by Crippen LogP contribution is 2.32. The SMILES string of the molecule is FC(Cl)(Cl)C(Cl)Cl.FC(Cl)=C(Cl)Cl. The van der Waals surface area contributed by atoms with Crippen molar-refractivity contribution < 1.29 is 8.78 Å².